The smallest absolute Gasteiger partial charge is 0.410 e. The van der Waals surface area contributed by atoms with E-state index in [1.54, 1.807) is 35.7 Å². The van der Waals surface area contributed by atoms with Gasteiger partial charge in [0.2, 0.25) is 0 Å². The second-order valence-corrected chi connectivity index (χ2v) is 10.1. The molecule has 1 amide bonds. The number of nitrogens with one attached hydrogen (secondary N) is 1. The number of H-pyrrole nitrogens is 1. The van der Waals surface area contributed by atoms with Gasteiger partial charge in [-0.3, -0.25) is 10.1 Å². The predicted octanol–water partition coefficient (Wildman–Crippen LogP) is 5.69. The molecule has 9 heteroatoms. The Morgan fingerprint density at radius 1 is 1.25 bits per heavy atom. The molecule has 0 saturated heterocycles. The van der Waals surface area contributed by atoms with Gasteiger partial charge in [-0.1, -0.05) is 17.7 Å². The number of benzene rings is 1. The Hall–Kier alpha value is -2.97. The number of thiazole rings is 1. The third-order valence-electron chi connectivity index (χ3n) is 4.69. The number of amides is 1. The molecule has 166 valence electrons. The summed E-state index contributed by atoms with van der Waals surface area (Å²) in [6, 6.07) is 9.62. The number of rotatable bonds is 5. The Balaban J connectivity index is 1.51. The number of aromatic amines is 1. The highest BCUT2D eigenvalue weighted by Gasteiger charge is 2.20. The molecule has 0 aliphatic rings. The molecular weight excluding hydrogens is 446 g/mol. The molecule has 1 aromatic carbocycles. The van der Waals surface area contributed by atoms with Gasteiger partial charge in [-0.05, 0) is 45.0 Å². The third-order valence-corrected chi connectivity index (χ3v) is 5.98. The van der Waals surface area contributed by atoms with Gasteiger partial charge in [-0.15, -0.1) is 11.3 Å². The van der Waals surface area contributed by atoms with E-state index in [9.17, 15) is 4.79 Å². The fourth-order valence-electron chi connectivity index (χ4n) is 3.24. The Morgan fingerprint density at radius 2 is 2.06 bits per heavy atom. The van der Waals surface area contributed by atoms with Crippen molar-refractivity contribution in [1.29, 1.82) is 0 Å². The fourth-order valence-corrected chi connectivity index (χ4v) is 4.45. The highest BCUT2D eigenvalue weighted by atomic mass is 35.5. The average molecular weight is 470 g/mol. The molecular formula is C23H24ClN5O2S. The van der Waals surface area contributed by atoms with Gasteiger partial charge in [0.05, 0.1) is 27.8 Å². The molecule has 4 aromatic rings. The van der Waals surface area contributed by atoms with Crippen LogP contribution in [0.15, 0.2) is 42.7 Å². The standard InChI is InChI=1S/C23H24ClN5O2S/c1-23(2,3)31-22(30)29(4)13-15-12-26-20(32-15)11-19-16-10-14(7-8-18(16)27-28-19)21-17(24)6-5-9-25-21/h5-10,12H,11,13H2,1-4H3,(H,27,28). The van der Waals surface area contributed by atoms with Crippen molar-refractivity contribution in [3.8, 4) is 11.3 Å². The monoisotopic (exact) mass is 469 g/mol. The molecule has 4 rings (SSSR count). The number of hydrogen-bond acceptors (Lipinski definition) is 6. The van der Waals surface area contributed by atoms with Crippen LogP contribution in [0.25, 0.3) is 22.2 Å². The lowest BCUT2D eigenvalue weighted by atomic mass is 10.1. The summed E-state index contributed by atoms with van der Waals surface area (Å²) in [6.07, 6.45) is 3.79. The average Bonchev–Trinajstić information content (AvgIpc) is 3.34. The van der Waals surface area contributed by atoms with Crippen LogP contribution in [0.4, 0.5) is 4.79 Å². The van der Waals surface area contributed by atoms with Crippen LogP contribution in [-0.2, 0) is 17.7 Å². The Labute approximate surface area is 195 Å². The van der Waals surface area contributed by atoms with Crippen molar-refractivity contribution in [2.45, 2.75) is 39.3 Å². The number of carbonyl (C=O) groups is 1. The lowest BCUT2D eigenvalue weighted by molar-refractivity contribution is 0.0286. The molecule has 0 atom stereocenters. The Bertz CT molecular complexity index is 1260. The zero-order valence-electron chi connectivity index (χ0n) is 18.3. The van der Waals surface area contributed by atoms with E-state index < -0.39 is 5.60 Å². The summed E-state index contributed by atoms with van der Waals surface area (Å²) in [6.45, 7) is 6.00. The summed E-state index contributed by atoms with van der Waals surface area (Å²) in [5.74, 6) is 0. The van der Waals surface area contributed by atoms with Gasteiger partial charge < -0.3 is 9.64 Å². The van der Waals surface area contributed by atoms with Crippen LogP contribution in [0.3, 0.4) is 0 Å². The molecule has 3 aromatic heterocycles. The minimum atomic E-state index is -0.524. The van der Waals surface area contributed by atoms with Crippen LogP contribution in [0.5, 0.6) is 0 Å². The maximum absolute atomic E-state index is 12.2. The number of aromatic nitrogens is 4. The van der Waals surface area contributed by atoms with Gasteiger partial charge >= 0.3 is 6.09 Å². The molecule has 0 spiro atoms. The molecule has 32 heavy (non-hydrogen) atoms. The molecule has 0 radical (unpaired) electrons. The number of ether oxygens (including phenoxy) is 1. The highest BCUT2D eigenvalue weighted by molar-refractivity contribution is 7.11. The number of fused-ring (bicyclic) bond motifs is 1. The van der Waals surface area contributed by atoms with E-state index in [1.807, 2.05) is 51.1 Å². The van der Waals surface area contributed by atoms with Gasteiger partial charge in [0.1, 0.15) is 5.60 Å². The van der Waals surface area contributed by atoms with Gasteiger partial charge in [0, 0.05) is 47.4 Å². The van der Waals surface area contributed by atoms with Crippen molar-refractivity contribution in [1.82, 2.24) is 25.1 Å². The molecule has 0 saturated carbocycles. The quantitative estimate of drug-likeness (QED) is 0.405. The van der Waals surface area contributed by atoms with E-state index in [0.717, 1.165) is 37.7 Å². The number of nitrogens with zero attached hydrogens (tertiary/aromatic N) is 4. The summed E-state index contributed by atoms with van der Waals surface area (Å²) in [5, 5.41) is 10.1. The molecule has 0 aliphatic heterocycles. The molecule has 0 fully saturated rings. The summed E-state index contributed by atoms with van der Waals surface area (Å²) >= 11 is 7.89. The van der Waals surface area contributed by atoms with E-state index in [4.69, 9.17) is 16.3 Å². The molecule has 0 aliphatic carbocycles. The maximum Gasteiger partial charge on any atom is 0.410 e. The second kappa shape index (κ2) is 8.88. The van der Waals surface area contributed by atoms with Crippen molar-refractivity contribution in [3.63, 3.8) is 0 Å². The van der Waals surface area contributed by atoms with Crippen molar-refractivity contribution in [3.05, 3.63) is 63.3 Å². The first-order valence-electron chi connectivity index (χ1n) is 10.2. The van der Waals surface area contributed by atoms with Crippen LogP contribution in [0, 0.1) is 0 Å². The van der Waals surface area contributed by atoms with Gasteiger partial charge in [0.25, 0.3) is 0 Å². The van der Waals surface area contributed by atoms with Crippen molar-refractivity contribution in [2.75, 3.05) is 7.05 Å². The maximum atomic E-state index is 12.2. The largest absolute Gasteiger partial charge is 0.444 e. The second-order valence-electron chi connectivity index (χ2n) is 8.50. The van der Waals surface area contributed by atoms with Crippen molar-refractivity contribution < 1.29 is 9.53 Å². The predicted molar refractivity (Wildman–Crippen MR) is 127 cm³/mol. The van der Waals surface area contributed by atoms with Crippen molar-refractivity contribution in [2.24, 2.45) is 0 Å². The molecule has 7 nitrogen and oxygen atoms in total. The normalized spacial score (nSPS) is 11.7. The molecule has 3 heterocycles. The SMILES string of the molecule is CN(Cc1cnc(Cc2[nH]nc3ccc(-c4ncccc4Cl)cc23)s1)C(=O)OC(C)(C)C. The number of halogens is 1. The molecule has 0 unspecified atom stereocenters. The highest BCUT2D eigenvalue weighted by Crippen LogP contribution is 2.30. The van der Waals surface area contributed by atoms with E-state index in [2.05, 4.69) is 20.2 Å². The first-order valence-corrected chi connectivity index (χ1v) is 11.3. The zero-order valence-corrected chi connectivity index (χ0v) is 19.9. The van der Waals surface area contributed by atoms with E-state index in [1.165, 1.54) is 0 Å². The van der Waals surface area contributed by atoms with E-state index in [-0.39, 0.29) is 6.09 Å². The Morgan fingerprint density at radius 3 is 2.81 bits per heavy atom. The lowest BCUT2D eigenvalue weighted by Gasteiger charge is -2.24. The third kappa shape index (κ3) is 5.08. The first kappa shape index (κ1) is 22.2. The molecule has 0 bridgehead atoms. The summed E-state index contributed by atoms with van der Waals surface area (Å²) in [7, 11) is 1.72. The lowest BCUT2D eigenvalue weighted by Crippen LogP contribution is -2.33. The topological polar surface area (TPSA) is 84.0 Å². The van der Waals surface area contributed by atoms with Gasteiger partial charge in [0.15, 0.2) is 0 Å². The van der Waals surface area contributed by atoms with Crippen LogP contribution in [0.2, 0.25) is 5.02 Å². The van der Waals surface area contributed by atoms with E-state index in [0.29, 0.717) is 18.0 Å². The fraction of sp³-hybridized carbons (Fsp3) is 0.304. The number of carbonyl (C=O) groups excluding carboxylic acids is 1. The minimum Gasteiger partial charge on any atom is -0.444 e. The van der Waals surface area contributed by atoms with Gasteiger partial charge in [-0.25, -0.2) is 9.78 Å². The van der Waals surface area contributed by atoms with Crippen LogP contribution < -0.4 is 0 Å². The Kier molecular flexibility index (Phi) is 6.17. The summed E-state index contributed by atoms with van der Waals surface area (Å²) in [4.78, 5) is 23.7. The van der Waals surface area contributed by atoms with Crippen LogP contribution in [-0.4, -0.2) is 43.8 Å². The summed E-state index contributed by atoms with van der Waals surface area (Å²) in [5.41, 5.74) is 2.99. The van der Waals surface area contributed by atoms with Crippen LogP contribution >= 0.6 is 22.9 Å². The molecule has 1 N–H and O–H groups in total. The number of hydrogen-bond donors (Lipinski definition) is 1. The van der Waals surface area contributed by atoms with Crippen molar-refractivity contribution >= 4 is 39.9 Å². The summed E-state index contributed by atoms with van der Waals surface area (Å²) < 4.78 is 5.41. The minimum absolute atomic E-state index is 0.354. The zero-order chi connectivity index (χ0) is 22.9. The van der Waals surface area contributed by atoms with Gasteiger partial charge in [-0.2, -0.15) is 5.10 Å². The van der Waals surface area contributed by atoms with E-state index >= 15 is 0 Å². The van der Waals surface area contributed by atoms with Crippen LogP contribution in [0.1, 0.15) is 36.3 Å². The number of pyridine rings is 1. The first-order chi connectivity index (χ1) is 15.2.